The third-order valence-corrected chi connectivity index (χ3v) is 2.96. The Morgan fingerprint density at radius 1 is 1.46 bits per heavy atom. The molecular formula is C11H19NO. The summed E-state index contributed by atoms with van der Waals surface area (Å²) >= 11 is 0. The van der Waals surface area contributed by atoms with Crippen molar-refractivity contribution in [3.63, 3.8) is 0 Å². The van der Waals surface area contributed by atoms with E-state index in [-0.39, 0.29) is 11.8 Å². The summed E-state index contributed by atoms with van der Waals surface area (Å²) in [5, 5.41) is 0. The van der Waals surface area contributed by atoms with Gasteiger partial charge < -0.3 is 5.73 Å². The average molecular weight is 181 g/mol. The van der Waals surface area contributed by atoms with E-state index in [1.165, 1.54) is 32.1 Å². The van der Waals surface area contributed by atoms with Crippen molar-refractivity contribution in [2.45, 2.75) is 38.5 Å². The Kier molecular flexibility index (Phi) is 4.00. The molecule has 74 valence electrons. The smallest absolute Gasteiger partial charge is 0.224 e. The van der Waals surface area contributed by atoms with Gasteiger partial charge in [-0.25, -0.2) is 0 Å². The van der Waals surface area contributed by atoms with Crippen LogP contribution in [0.4, 0.5) is 0 Å². The molecule has 0 radical (unpaired) electrons. The molecular weight excluding hydrogens is 162 g/mol. The second-order valence-electron chi connectivity index (χ2n) is 3.98. The first kappa shape index (κ1) is 10.3. The van der Waals surface area contributed by atoms with Crippen LogP contribution in [0, 0.1) is 11.8 Å². The third-order valence-electron chi connectivity index (χ3n) is 2.96. The lowest BCUT2D eigenvalue weighted by molar-refractivity contribution is -0.120. The van der Waals surface area contributed by atoms with Crippen molar-refractivity contribution >= 4 is 5.91 Å². The standard InChI is InChI=1S/C11H19NO/c1-2-10(11(12)13)8-9-6-4-3-5-7-9/h2,9-10H,1,3-8H2,(H2,12,13)/t10-/m0/s1. The van der Waals surface area contributed by atoms with E-state index in [4.69, 9.17) is 5.73 Å². The Morgan fingerprint density at radius 3 is 2.54 bits per heavy atom. The third kappa shape index (κ3) is 3.21. The fourth-order valence-corrected chi connectivity index (χ4v) is 2.11. The number of carbonyl (C=O) groups is 1. The minimum absolute atomic E-state index is 0.108. The summed E-state index contributed by atoms with van der Waals surface area (Å²) in [5.74, 6) is 0.368. The first-order valence-corrected chi connectivity index (χ1v) is 5.16. The number of hydrogen-bond acceptors (Lipinski definition) is 1. The number of amides is 1. The number of primary amides is 1. The Bertz CT molecular complexity index is 183. The van der Waals surface area contributed by atoms with Crippen LogP contribution in [0.5, 0.6) is 0 Å². The Labute approximate surface area is 80.2 Å². The van der Waals surface area contributed by atoms with Crippen molar-refractivity contribution in [1.82, 2.24) is 0 Å². The summed E-state index contributed by atoms with van der Waals surface area (Å²) in [4.78, 5) is 11.0. The van der Waals surface area contributed by atoms with Crippen molar-refractivity contribution in [3.8, 4) is 0 Å². The Morgan fingerprint density at radius 2 is 2.08 bits per heavy atom. The predicted molar refractivity (Wildman–Crippen MR) is 54.1 cm³/mol. The maximum absolute atomic E-state index is 11.0. The van der Waals surface area contributed by atoms with E-state index < -0.39 is 0 Å². The molecule has 0 aromatic rings. The molecule has 0 saturated heterocycles. The Hall–Kier alpha value is -0.790. The van der Waals surface area contributed by atoms with Crippen molar-refractivity contribution in [2.24, 2.45) is 17.6 Å². The summed E-state index contributed by atoms with van der Waals surface area (Å²) in [7, 11) is 0. The van der Waals surface area contributed by atoms with Gasteiger partial charge in [-0.1, -0.05) is 38.2 Å². The van der Waals surface area contributed by atoms with Crippen LogP contribution in [0.15, 0.2) is 12.7 Å². The highest BCUT2D eigenvalue weighted by Crippen LogP contribution is 2.29. The second-order valence-corrected chi connectivity index (χ2v) is 3.98. The van der Waals surface area contributed by atoms with Crippen LogP contribution in [-0.4, -0.2) is 5.91 Å². The highest BCUT2D eigenvalue weighted by molar-refractivity contribution is 5.78. The van der Waals surface area contributed by atoms with E-state index in [1.807, 2.05) is 0 Å². The second kappa shape index (κ2) is 5.05. The molecule has 0 aromatic heterocycles. The van der Waals surface area contributed by atoms with Gasteiger partial charge in [0.15, 0.2) is 0 Å². The van der Waals surface area contributed by atoms with Crippen LogP contribution >= 0.6 is 0 Å². The normalized spacial score (nSPS) is 20.9. The fourth-order valence-electron chi connectivity index (χ4n) is 2.11. The molecule has 0 aliphatic heterocycles. The topological polar surface area (TPSA) is 43.1 Å². The van der Waals surface area contributed by atoms with E-state index in [0.717, 1.165) is 6.42 Å². The quantitative estimate of drug-likeness (QED) is 0.664. The molecule has 1 aliphatic rings. The molecule has 1 saturated carbocycles. The van der Waals surface area contributed by atoms with Gasteiger partial charge in [0.1, 0.15) is 0 Å². The van der Waals surface area contributed by atoms with Crippen molar-refractivity contribution < 1.29 is 4.79 Å². The van der Waals surface area contributed by atoms with Crippen molar-refractivity contribution in [1.29, 1.82) is 0 Å². The molecule has 1 atom stereocenters. The number of rotatable bonds is 4. The van der Waals surface area contributed by atoms with E-state index in [2.05, 4.69) is 6.58 Å². The monoisotopic (exact) mass is 181 g/mol. The van der Waals surface area contributed by atoms with Crippen LogP contribution in [0.3, 0.4) is 0 Å². The summed E-state index contributed by atoms with van der Waals surface area (Å²) in [6.07, 6.45) is 9.11. The molecule has 0 aromatic carbocycles. The molecule has 0 bridgehead atoms. The SMILES string of the molecule is C=C[C@@H](CC1CCCCC1)C(N)=O. The van der Waals surface area contributed by atoms with Crippen LogP contribution in [0.25, 0.3) is 0 Å². The van der Waals surface area contributed by atoms with E-state index in [9.17, 15) is 4.79 Å². The maximum atomic E-state index is 11.0. The van der Waals surface area contributed by atoms with Gasteiger partial charge in [0, 0.05) is 0 Å². The van der Waals surface area contributed by atoms with Gasteiger partial charge in [-0.15, -0.1) is 6.58 Å². The van der Waals surface area contributed by atoms with Gasteiger partial charge in [0.05, 0.1) is 5.92 Å². The maximum Gasteiger partial charge on any atom is 0.224 e. The molecule has 1 aliphatic carbocycles. The Balaban J connectivity index is 2.35. The zero-order chi connectivity index (χ0) is 9.68. The summed E-state index contributed by atoms with van der Waals surface area (Å²) < 4.78 is 0. The molecule has 2 N–H and O–H groups in total. The average Bonchev–Trinajstić information content (AvgIpc) is 2.15. The lowest BCUT2D eigenvalue weighted by Gasteiger charge is -2.23. The first-order valence-electron chi connectivity index (χ1n) is 5.16. The number of nitrogens with two attached hydrogens (primary N) is 1. The minimum atomic E-state index is -0.222. The van der Waals surface area contributed by atoms with Crippen LogP contribution < -0.4 is 5.73 Å². The van der Waals surface area contributed by atoms with Crippen LogP contribution in [0.2, 0.25) is 0 Å². The van der Waals surface area contributed by atoms with Gasteiger partial charge in [0.2, 0.25) is 5.91 Å². The van der Waals surface area contributed by atoms with Crippen LogP contribution in [-0.2, 0) is 4.79 Å². The summed E-state index contributed by atoms with van der Waals surface area (Å²) in [6.45, 7) is 3.65. The van der Waals surface area contributed by atoms with Crippen molar-refractivity contribution in [2.75, 3.05) is 0 Å². The van der Waals surface area contributed by atoms with Gasteiger partial charge in [-0.3, -0.25) is 4.79 Å². The number of hydrogen-bond donors (Lipinski definition) is 1. The minimum Gasteiger partial charge on any atom is -0.369 e. The summed E-state index contributed by atoms with van der Waals surface area (Å²) in [6, 6.07) is 0. The van der Waals surface area contributed by atoms with Gasteiger partial charge in [-0.05, 0) is 12.3 Å². The van der Waals surface area contributed by atoms with E-state index in [1.54, 1.807) is 6.08 Å². The first-order chi connectivity index (χ1) is 6.24. The molecule has 2 heteroatoms. The fraction of sp³-hybridized carbons (Fsp3) is 0.727. The van der Waals surface area contributed by atoms with Gasteiger partial charge in [-0.2, -0.15) is 0 Å². The molecule has 2 nitrogen and oxygen atoms in total. The molecule has 0 spiro atoms. The molecule has 1 fully saturated rings. The molecule has 1 rings (SSSR count). The molecule has 0 heterocycles. The lowest BCUT2D eigenvalue weighted by Crippen LogP contribution is -2.24. The lowest BCUT2D eigenvalue weighted by atomic mass is 9.82. The molecule has 0 unspecified atom stereocenters. The highest BCUT2D eigenvalue weighted by Gasteiger charge is 2.19. The zero-order valence-electron chi connectivity index (χ0n) is 8.17. The van der Waals surface area contributed by atoms with Gasteiger partial charge >= 0.3 is 0 Å². The predicted octanol–water partition coefficient (Wildman–Crippen LogP) is 2.24. The number of carbonyl (C=O) groups excluding carboxylic acids is 1. The van der Waals surface area contributed by atoms with E-state index >= 15 is 0 Å². The molecule has 1 amide bonds. The highest BCUT2D eigenvalue weighted by atomic mass is 16.1. The van der Waals surface area contributed by atoms with Gasteiger partial charge in [0.25, 0.3) is 0 Å². The van der Waals surface area contributed by atoms with Crippen LogP contribution in [0.1, 0.15) is 38.5 Å². The summed E-state index contributed by atoms with van der Waals surface area (Å²) in [5.41, 5.74) is 5.25. The van der Waals surface area contributed by atoms with Crippen molar-refractivity contribution in [3.05, 3.63) is 12.7 Å². The van der Waals surface area contributed by atoms with E-state index in [0.29, 0.717) is 5.92 Å². The largest absolute Gasteiger partial charge is 0.369 e. The molecule has 13 heavy (non-hydrogen) atoms. The zero-order valence-corrected chi connectivity index (χ0v) is 8.17.